The Hall–Kier alpha value is -0.530. The molecule has 0 radical (unpaired) electrons. The van der Waals surface area contributed by atoms with Crippen molar-refractivity contribution in [3.8, 4) is 0 Å². The Labute approximate surface area is 195 Å². The van der Waals surface area contributed by atoms with Crippen LogP contribution in [0, 0.1) is 0 Å². The van der Waals surface area contributed by atoms with Crippen molar-refractivity contribution in [1.82, 2.24) is 4.90 Å². The second kappa shape index (κ2) is 23.1. The molecule has 2 heteroatoms. The minimum atomic E-state index is 0. The van der Waals surface area contributed by atoms with Gasteiger partial charge in [0.15, 0.2) is 0 Å². The first-order valence-electron chi connectivity index (χ1n) is 13.0. The Balaban J connectivity index is 0.00000841. The molecule has 0 aliphatic rings. The Morgan fingerprint density at radius 3 is 1.17 bits per heavy atom. The molecule has 0 aliphatic carbocycles. The fourth-order valence-electron chi connectivity index (χ4n) is 4.23. The molecule has 176 valence electrons. The normalized spacial score (nSPS) is 11.0. The number of aryl methyl sites for hydroxylation is 1. The van der Waals surface area contributed by atoms with Crippen molar-refractivity contribution in [2.24, 2.45) is 0 Å². The van der Waals surface area contributed by atoms with Gasteiger partial charge in [-0.3, -0.25) is 0 Å². The van der Waals surface area contributed by atoms with E-state index >= 15 is 0 Å². The van der Waals surface area contributed by atoms with E-state index in [1.54, 1.807) is 0 Å². The first-order chi connectivity index (χ1) is 14.3. The molecule has 0 heterocycles. The van der Waals surface area contributed by atoms with Crippen molar-refractivity contribution in [3.05, 3.63) is 35.9 Å². The van der Waals surface area contributed by atoms with Gasteiger partial charge in [0.25, 0.3) is 0 Å². The van der Waals surface area contributed by atoms with Crippen molar-refractivity contribution in [3.63, 3.8) is 0 Å². The van der Waals surface area contributed by atoms with Crippen LogP contribution >= 0.6 is 12.4 Å². The van der Waals surface area contributed by atoms with Crippen LogP contribution in [-0.2, 0) is 6.42 Å². The minimum Gasteiger partial charge on any atom is -0.309 e. The third-order valence-electron chi connectivity index (χ3n) is 6.16. The molecule has 0 spiro atoms. The van der Waals surface area contributed by atoms with E-state index in [1.165, 1.54) is 134 Å². The van der Waals surface area contributed by atoms with Crippen LogP contribution in [0.1, 0.15) is 121 Å². The van der Waals surface area contributed by atoms with Crippen molar-refractivity contribution >= 4 is 12.4 Å². The van der Waals surface area contributed by atoms with E-state index in [-0.39, 0.29) is 12.4 Å². The van der Waals surface area contributed by atoms with Gasteiger partial charge in [0.05, 0.1) is 0 Å². The molecule has 1 aromatic carbocycles. The van der Waals surface area contributed by atoms with Crippen LogP contribution < -0.4 is 0 Å². The molecule has 0 atom stereocenters. The molecule has 0 unspecified atom stereocenters. The van der Waals surface area contributed by atoms with Gasteiger partial charge < -0.3 is 4.90 Å². The largest absolute Gasteiger partial charge is 0.309 e. The van der Waals surface area contributed by atoms with Crippen molar-refractivity contribution in [2.75, 3.05) is 20.6 Å². The maximum atomic E-state index is 2.30. The molecule has 0 bridgehead atoms. The Morgan fingerprint density at radius 1 is 0.467 bits per heavy atom. The molecule has 30 heavy (non-hydrogen) atoms. The summed E-state index contributed by atoms with van der Waals surface area (Å²) in [6.45, 7) is 1.26. The lowest BCUT2D eigenvalue weighted by Gasteiger charge is -2.08. The number of rotatable bonds is 21. The van der Waals surface area contributed by atoms with E-state index < -0.39 is 0 Å². The second-order valence-corrected chi connectivity index (χ2v) is 9.40. The highest BCUT2D eigenvalue weighted by Gasteiger charge is 1.96. The van der Waals surface area contributed by atoms with E-state index in [1.807, 2.05) is 0 Å². The maximum Gasteiger partial charge on any atom is -0.00248 e. The van der Waals surface area contributed by atoms with Crippen molar-refractivity contribution in [2.45, 2.75) is 122 Å². The molecule has 0 fully saturated rings. The highest BCUT2D eigenvalue weighted by atomic mass is 35.5. The third kappa shape index (κ3) is 20.7. The monoisotopic (exact) mass is 437 g/mol. The van der Waals surface area contributed by atoms with Gasteiger partial charge in [0.2, 0.25) is 0 Å². The smallest absolute Gasteiger partial charge is 0.00248 e. The average Bonchev–Trinajstić information content (AvgIpc) is 2.73. The predicted octanol–water partition coefficient (Wildman–Crippen LogP) is 9.23. The molecular weight excluding hydrogens is 386 g/mol. The summed E-state index contributed by atoms with van der Waals surface area (Å²) in [4.78, 5) is 2.30. The van der Waals surface area contributed by atoms with Crippen molar-refractivity contribution < 1.29 is 0 Å². The molecular formula is C28H52ClN. The first-order valence-corrected chi connectivity index (χ1v) is 13.0. The van der Waals surface area contributed by atoms with Gasteiger partial charge in [0.1, 0.15) is 0 Å². The van der Waals surface area contributed by atoms with Crippen LogP contribution in [0.15, 0.2) is 30.3 Å². The first kappa shape index (κ1) is 29.5. The predicted molar refractivity (Wildman–Crippen MR) is 139 cm³/mol. The molecule has 0 N–H and O–H groups in total. The zero-order chi connectivity index (χ0) is 20.8. The number of halogens is 1. The zero-order valence-electron chi connectivity index (χ0n) is 20.4. The summed E-state index contributed by atoms with van der Waals surface area (Å²) in [5.41, 5.74) is 1.50. The summed E-state index contributed by atoms with van der Waals surface area (Å²) in [5, 5.41) is 0. The van der Waals surface area contributed by atoms with Gasteiger partial charge in [-0.2, -0.15) is 0 Å². The number of nitrogens with zero attached hydrogens (tertiary/aromatic N) is 1. The van der Waals surface area contributed by atoms with Crippen molar-refractivity contribution in [1.29, 1.82) is 0 Å². The minimum absolute atomic E-state index is 0. The average molecular weight is 438 g/mol. The van der Waals surface area contributed by atoms with Gasteiger partial charge in [-0.25, -0.2) is 0 Å². The van der Waals surface area contributed by atoms with Crippen LogP contribution in [0.4, 0.5) is 0 Å². The topological polar surface area (TPSA) is 3.24 Å². The van der Waals surface area contributed by atoms with Crippen LogP contribution in [0.2, 0.25) is 0 Å². The fraction of sp³-hybridized carbons (Fsp3) is 0.786. The Morgan fingerprint density at radius 2 is 0.800 bits per heavy atom. The zero-order valence-corrected chi connectivity index (χ0v) is 21.2. The van der Waals surface area contributed by atoms with E-state index in [2.05, 4.69) is 49.3 Å². The van der Waals surface area contributed by atoms with E-state index in [0.717, 1.165) is 0 Å². The van der Waals surface area contributed by atoms with Crippen LogP contribution in [0.5, 0.6) is 0 Å². The summed E-state index contributed by atoms with van der Waals surface area (Å²) >= 11 is 0. The maximum absolute atomic E-state index is 2.30. The molecule has 1 nitrogen and oxygen atoms in total. The van der Waals surface area contributed by atoms with Gasteiger partial charge in [-0.15, -0.1) is 12.4 Å². The van der Waals surface area contributed by atoms with E-state index in [0.29, 0.717) is 0 Å². The summed E-state index contributed by atoms with van der Waals surface area (Å²) in [6.07, 6.45) is 27.3. The highest BCUT2D eigenvalue weighted by molar-refractivity contribution is 5.85. The highest BCUT2D eigenvalue weighted by Crippen LogP contribution is 2.15. The molecule has 0 saturated carbocycles. The van der Waals surface area contributed by atoms with Gasteiger partial charge >= 0.3 is 0 Å². The molecule has 0 amide bonds. The molecule has 0 aromatic heterocycles. The number of benzene rings is 1. The van der Waals surface area contributed by atoms with Gasteiger partial charge in [0, 0.05) is 0 Å². The van der Waals surface area contributed by atoms with Crippen LogP contribution in [-0.4, -0.2) is 25.5 Å². The Kier molecular flexibility index (Phi) is 22.7. The summed E-state index contributed by atoms with van der Waals surface area (Å²) < 4.78 is 0. The molecule has 0 saturated heterocycles. The van der Waals surface area contributed by atoms with Crippen LogP contribution in [0.25, 0.3) is 0 Å². The second-order valence-electron chi connectivity index (χ2n) is 9.40. The Bertz CT molecular complexity index is 432. The number of hydrogen-bond acceptors (Lipinski definition) is 1. The lowest BCUT2D eigenvalue weighted by Crippen LogP contribution is -2.12. The number of hydrogen-bond donors (Lipinski definition) is 0. The summed E-state index contributed by atoms with van der Waals surface area (Å²) in [6, 6.07) is 10.9. The lowest BCUT2D eigenvalue weighted by atomic mass is 10.0. The molecule has 1 rings (SSSR count). The summed E-state index contributed by atoms with van der Waals surface area (Å²) in [5.74, 6) is 0. The van der Waals surface area contributed by atoms with E-state index in [4.69, 9.17) is 0 Å². The van der Waals surface area contributed by atoms with Gasteiger partial charge in [-0.05, 0) is 45.5 Å². The lowest BCUT2D eigenvalue weighted by molar-refractivity contribution is 0.389. The van der Waals surface area contributed by atoms with Gasteiger partial charge in [-0.1, -0.05) is 133 Å². The van der Waals surface area contributed by atoms with Crippen LogP contribution in [0.3, 0.4) is 0 Å². The molecule has 0 aliphatic heterocycles. The SMILES string of the molecule is CN(C)CCCCCCCCCCCCCCCCCCCCc1ccccc1.Cl. The molecule has 1 aromatic rings. The summed E-state index contributed by atoms with van der Waals surface area (Å²) in [7, 11) is 4.35. The number of unbranched alkanes of at least 4 members (excludes halogenated alkanes) is 17. The van der Waals surface area contributed by atoms with E-state index in [9.17, 15) is 0 Å². The third-order valence-corrected chi connectivity index (χ3v) is 6.16. The quantitative estimate of drug-likeness (QED) is 0.173. The fourth-order valence-corrected chi connectivity index (χ4v) is 4.23. The standard InChI is InChI=1S/C28H51N.ClH/c1-29(2)27-23-18-16-14-12-10-8-6-4-3-5-7-9-11-13-15-17-20-24-28-25-21-19-22-26-28;/h19,21-22,25-26H,3-18,20,23-24,27H2,1-2H3;1H.